The van der Waals surface area contributed by atoms with E-state index in [1.54, 1.807) is 7.11 Å². The standard InChI is InChI=1S/C11H24N2O3S/c1-3-12-6-4-5-7-17(14,15)13-10-8-11(9-10)16-2/h10-13H,3-9H2,1-2H3. The number of nitrogens with one attached hydrogen (secondary N) is 2. The van der Waals surface area contributed by atoms with E-state index in [0.717, 1.165) is 32.4 Å². The van der Waals surface area contributed by atoms with E-state index in [1.807, 2.05) is 6.92 Å². The maximum atomic E-state index is 11.7. The first-order valence-electron chi connectivity index (χ1n) is 6.31. The van der Waals surface area contributed by atoms with Crippen molar-refractivity contribution in [3.05, 3.63) is 0 Å². The van der Waals surface area contributed by atoms with Gasteiger partial charge in [0.2, 0.25) is 10.0 Å². The first-order chi connectivity index (χ1) is 8.07. The van der Waals surface area contributed by atoms with Gasteiger partial charge in [0.05, 0.1) is 11.9 Å². The van der Waals surface area contributed by atoms with Gasteiger partial charge in [-0.15, -0.1) is 0 Å². The number of methoxy groups -OCH3 is 1. The molecule has 0 spiro atoms. The predicted octanol–water partition coefficient (Wildman–Crippen LogP) is 0.473. The number of hydrogen-bond donors (Lipinski definition) is 2. The van der Waals surface area contributed by atoms with Crippen LogP contribution in [0.25, 0.3) is 0 Å². The van der Waals surface area contributed by atoms with Crippen molar-refractivity contribution in [2.45, 2.75) is 44.8 Å². The van der Waals surface area contributed by atoms with Crippen LogP contribution in [-0.2, 0) is 14.8 Å². The molecule has 5 nitrogen and oxygen atoms in total. The molecule has 0 aromatic rings. The first-order valence-corrected chi connectivity index (χ1v) is 7.96. The Morgan fingerprint density at radius 1 is 1.29 bits per heavy atom. The van der Waals surface area contributed by atoms with Crippen molar-refractivity contribution in [3.63, 3.8) is 0 Å². The van der Waals surface area contributed by atoms with Gasteiger partial charge in [0.15, 0.2) is 0 Å². The normalized spacial score (nSPS) is 24.6. The summed E-state index contributed by atoms with van der Waals surface area (Å²) < 4.78 is 31.2. The maximum absolute atomic E-state index is 11.7. The Labute approximate surface area is 104 Å². The second-order valence-corrected chi connectivity index (χ2v) is 6.40. The molecular weight excluding hydrogens is 240 g/mol. The number of rotatable bonds is 9. The summed E-state index contributed by atoms with van der Waals surface area (Å²) in [7, 11) is -1.43. The number of hydrogen-bond acceptors (Lipinski definition) is 4. The van der Waals surface area contributed by atoms with Crippen LogP contribution >= 0.6 is 0 Å². The molecule has 0 aromatic heterocycles. The molecule has 1 aliphatic rings. The molecule has 1 fully saturated rings. The van der Waals surface area contributed by atoms with E-state index >= 15 is 0 Å². The Kier molecular flexibility index (Phi) is 6.40. The van der Waals surface area contributed by atoms with Crippen molar-refractivity contribution < 1.29 is 13.2 Å². The summed E-state index contributed by atoms with van der Waals surface area (Å²) >= 11 is 0. The van der Waals surface area contributed by atoms with Crippen molar-refractivity contribution in [2.75, 3.05) is 26.0 Å². The Morgan fingerprint density at radius 2 is 2.00 bits per heavy atom. The lowest BCUT2D eigenvalue weighted by Gasteiger charge is -2.34. The molecule has 0 radical (unpaired) electrons. The van der Waals surface area contributed by atoms with Crippen molar-refractivity contribution in [1.82, 2.24) is 10.0 Å². The molecule has 2 N–H and O–H groups in total. The highest BCUT2D eigenvalue weighted by atomic mass is 32.2. The van der Waals surface area contributed by atoms with E-state index in [4.69, 9.17) is 4.74 Å². The van der Waals surface area contributed by atoms with Gasteiger partial charge in [0.1, 0.15) is 0 Å². The third-order valence-corrected chi connectivity index (χ3v) is 4.56. The number of ether oxygens (including phenoxy) is 1. The molecule has 17 heavy (non-hydrogen) atoms. The Balaban J connectivity index is 2.10. The Bertz CT molecular complexity index is 300. The summed E-state index contributed by atoms with van der Waals surface area (Å²) in [6.07, 6.45) is 3.44. The van der Waals surface area contributed by atoms with Crippen LogP contribution in [-0.4, -0.2) is 46.5 Å². The summed E-state index contributed by atoms with van der Waals surface area (Å²) in [6, 6.07) is 0.0821. The molecular formula is C11H24N2O3S. The van der Waals surface area contributed by atoms with E-state index in [1.165, 1.54) is 0 Å². The third-order valence-electron chi connectivity index (χ3n) is 3.04. The van der Waals surface area contributed by atoms with Gasteiger partial charge in [0, 0.05) is 13.2 Å². The van der Waals surface area contributed by atoms with Gasteiger partial charge in [-0.05, 0) is 38.8 Å². The summed E-state index contributed by atoms with van der Waals surface area (Å²) in [5.41, 5.74) is 0. The van der Waals surface area contributed by atoms with E-state index in [-0.39, 0.29) is 17.9 Å². The van der Waals surface area contributed by atoms with Crippen LogP contribution in [0.3, 0.4) is 0 Å². The van der Waals surface area contributed by atoms with Crippen LogP contribution in [0.2, 0.25) is 0 Å². The molecule has 0 amide bonds. The highest BCUT2D eigenvalue weighted by Crippen LogP contribution is 2.23. The minimum atomic E-state index is -3.09. The summed E-state index contributed by atoms with van der Waals surface area (Å²) in [5, 5.41) is 3.18. The molecule has 0 aromatic carbocycles. The van der Waals surface area contributed by atoms with Crippen LogP contribution in [0, 0.1) is 0 Å². The van der Waals surface area contributed by atoms with Gasteiger partial charge in [0.25, 0.3) is 0 Å². The molecule has 1 rings (SSSR count). The summed E-state index contributed by atoms with van der Waals surface area (Å²) in [4.78, 5) is 0. The van der Waals surface area contributed by atoms with Crippen LogP contribution < -0.4 is 10.0 Å². The third kappa shape index (κ3) is 5.81. The fourth-order valence-corrected chi connectivity index (χ4v) is 3.29. The molecule has 0 heterocycles. The van der Waals surface area contributed by atoms with Crippen molar-refractivity contribution >= 4 is 10.0 Å². The van der Waals surface area contributed by atoms with Gasteiger partial charge >= 0.3 is 0 Å². The van der Waals surface area contributed by atoms with E-state index < -0.39 is 10.0 Å². The zero-order valence-electron chi connectivity index (χ0n) is 10.7. The lowest BCUT2D eigenvalue weighted by atomic mass is 9.90. The summed E-state index contributed by atoms with van der Waals surface area (Å²) in [6.45, 7) is 3.87. The van der Waals surface area contributed by atoms with E-state index in [9.17, 15) is 8.42 Å². The van der Waals surface area contributed by atoms with E-state index in [2.05, 4.69) is 10.0 Å². The molecule has 102 valence electrons. The molecule has 1 saturated carbocycles. The van der Waals surface area contributed by atoms with Gasteiger partial charge in [-0.1, -0.05) is 6.92 Å². The molecule has 0 saturated heterocycles. The van der Waals surface area contributed by atoms with Gasteiger partial charge < -0.3 is 10.1 Å². The highest BCUT2D eigenvalue weighted by molar-refractivity contribution is 7.89. The largest absolute Gasteiger partial charge is 0.381 e. The second-order valence-electron chi connectivity index (χ2n) is 4.52. The highest BCUT2D eigenvalue weighted by Gasteiger charge is 2.31. The van der Waals surface area contributed by atoms with Gasteiger partial charge in [-0.2, -0.15) is 0 Å². The summed E-state index contributed by atoms with van der Waals surface area (Å²) in [5.74, 6) is 0.229. The molecule has 0 aliphatic heterocycles. The molecule has 0 atom stereocenters. The predicted molar refractivity (Wildman–Crippen MR) is 68.5 cm³/mol. The van der Waals surface area contributed by atoms with Gasteiger partial charge in [-0.25, -0.2) is 13.1 Å². The fraction of sp³-hybridized carbons (Fsp3) is 1.00. The fourth-order valence-electron chi connectivity index (χ4n) is 1.89. The topological polar surface area (TPSA) is 67.4 Å². The SMILES string of the molecule is CCNCCCCS(=O)(=O)NC1CC(OC)C1. The quantitative estimate of drug-likeness (QED) is 0.594. The first kappa shape index (κ1) is 14.9. The average molecular weight is 264 g/mol. The zero-order valence-corrected chi connectivity index (χ0v) is 11.6. The smallest absolute Gasteiger partial charge is 0.211 e. The van der Waals surface area contributed by atoms with E-state index in [0.29, 0.717) is 6.42 Å². The zero-order chi connectivity index (χ0) is 12.7. The molecule has 1 aliphatic carbocycles. The minimum Gasteiger partial charge on any atom is -0.381 e. The van der Waals surface area contributed by atoms with Crippen LogP contribution in [0.15, 0.2) is 0 Å². The maximum Gasteiger partial charge on any atom is 0.211 e. The average Bonchev–Trinajstić information content (AvgIpc) is 2.22. The lowest BCUT2D eigenvalue weighted by Crippen LogP contribution is -2.48. The Morgan fingerprint density at radius 3 is 2.59 bits per heavy atom. The lowest BCUT2D eigenvalue weighted by molar-refractivity contribution is 0.0236. The van der Waals surface area contributed by atoms with Crippen LogP contribution in [0.5, 0.6) is 0 Å². The monoisotopic (exact) mass is 264 g/mol. The second kappa shape index (κ2) is 7.31. The number of unbranched alkanes of at least 4 members (excludes halogenated alkanes) is 1. The van der Waals surface area contributed by atoms with Crippen molar-refractivity contribution in [2.24, 2.45) is 0 Å². The van der Waals surface area contributed by atoms with Crippen molar-refractivity contribution in [1.29, 1.82) is 0 Å². The number of sulfonamides is 1. The molecule has 0 bridgehead atoms. The van der Waals surface area contributed by atoms with Crippen LogP contribution in [0.1, 0.15) is 32.6 Å². The van der Waals surface area contributed by atoms with Gasteiger partial charge in [-0.3, -0.25) is 0 Å². The molecule has 0 unspecified atom stereocenters. The van der Waals surface area contributed by atoms with Crippen LogP contribution in [0.4, 0.5) is 0 Å². The molecule has 6 heteroatoms. The van der Waals surface area contributed by atoms with Crippen molar-refractivity contribution in [3.8, 4) is 0 Å². The Hall–Kier alpha value is -0.170. The minimum absolute atomic E-state index is 0.0821.